The van der Waals surface area contributed by atoms with Crippen LogP contribution in [0.4, 0.5) is 5.82 Å². The number of nitrogens with two attached hydrogens (primary N) is 1. The minimum atomic E-state index is -5.59. The largest absolute Gasteiger partial charge is 0.481 e. The monoisotopic (exact) mass is 1080 g/mol. The van der Waals surface area contributed by atoms with Gasteiger partial charge in [0, 0.05) is 30.7 Å². The Bertz CT molecular complexity index is 2400. The Hall–Kier alpha value is -4.26. The van der Waals surface area contributed by atoms with Crippen LogP contribution in [0.3, 0.4) is 0 Å². The molecule has 0 aromatic carbocycles. The summed E-state index contributed by atoms with van der Waals surface area (Å²) >= 11 is 1.01. The Kier molecular flexibility index (Phi) is 26.4. The van der Waals surface area contributed by atoms with E-state index >= 15 is 0 Å². The lowest BCUT2D eigenvalue weighted by molar-refractivity contribution is -0.137. The van der Waals surface area contributed by atoms with Gasteiger partial charge in [0.25, 0.3) is 0 Å². The zero-order valence-electron chi connectivity index (χ0n) is 39.4. The Morgan fingerprint density at radius 3 is 2.06 bits per heavy atom. The molecule has 10 N–H and O–H groups in total. The average molecular weight is 1080 g/mol. The van der Waals surface area contributed by atoms with Gasteiger partial charge < -0.3 is 50.9 Å². The standard InChI is InChI=1S/C43H64N7O17P3S/c1-4-5-6-7-8-9-10-11-12-13-14-15-16-17-18-19-20-21-22-23-34(52)71-27-26-45-33(51)24-25-46-41(55)38(54)43(2,3)29-64-70(61,62)67-69(59,60)63-28-32-37(66-68(56,57)58)36(53)42(65-32)50-31-49-35-39(44)47-30-48-40(35)50/h5-6,8-9,11-12,14-15,17-18,20-23,30-32,36-38,42,53-54H,4,7,10,13,16,19,24-29H2,1-3H3,(H,45,51)(H,46,55)(H,59,60)(H,61,62)(H2,44,47,48)(H2,56,57,58)/t32-,36-,37-,38+,42-/m1/s1. The van der Waals surface area contributed by atoms with E-state index in [2.05, 4.69) is 96.0 Å². The first-order valence-electron chi connectivity index (χ1n) is 22.2. The first-order valence-corrected chi connectivity index (χ1v) is 27.7. The normalized spacial score (nSPS) is 20.4. The van der Waals surface area contributed by atoms with Crippen LogP contribution in [0.5, 0.6) is 0 Å². The molecular weight excluding hydrogens is 1010 g/mol. The molecule has 2 aromatic heterocycles. The Balaban J connectivity index is 1.31. The predicted molar refractivity (Wildman–Crippen MR) is 264 cm³/mol. The van der Waals surface area contributed by atoms with Crippen molar-refractivity contribution in [3.05, 3.63) is 97.7 Å². The van der Waals surface area contributed by atoms with E-state index in [0.29, 0.717) is 5.75 Å². The molecule has 24 nitrogen and oxygen atoms in total. The summed E-state index contributed by atoms with van der Waals surface area (Å²) in [6.45, 7) is 2.54. The summed E-state index contributed by atoms with van der Waals surface area (Å²) in [5, 5.41) is 26.3. The van der Waals surface area contributed by atoms with Gasteiger partial charge in [-0.2, -0.15) is 4.31 Å². The lowest BCUT2D eigenvalue weighted by Crippen LogP contribution is -2.46. The molecule has 1 fully saturated rings. The summed E-state index contributed by atoms with van der Waals surface area (Å²) in [7, 11) is -16.4. The number of imidazole rings is 1. The van der Waals surface area contributed by atoms with Gasteiger partial charge in [0.2, 0.25) is 16.9 Å². The quantitative estimate of drug-likeness (QED) is 0.0154. The molecule has 3 rings (SSSR count). The maximum absolute atomic E-state index is 12.7. The number of thioether (sulfide) groups is 1. The number of carbonyl (C=O) groups excluding carboxylic acids is 3. The molecule has 2 unspecified atom stereocenters. The van der Waals surface area contributed by atoms with Crippen LogP contribution in [0.25, 0.3) is 11.2 Å². The number of fused-ring (bicyclic) bond motifs is 1. The van der Waals surface area contributed by atoms with E-state index in [0.717, 1.165) is 67.5 Å². The summed E-state index contributed by atoms with van der Waals surface area (Å²) < 4.78 is 62.4. The zero-order valence-corrected chi connectivity index (χ0v) is 42.9. The van der Waals surface area contributed by atoms with Gasteiger partial charge in [0.1, 0.15) is 36.3 Å². The van der Waals surface area contributed by atoms with Gasteiger partial charge in [-0.25, -0.2) is 28.6 Å². The molecule has 0 saturated carbocycles. The van der Waals surface area contributed by atoms with Crippen LogP contribution in [0.1, 0.15) is 71.9 Å². The second kappa shape index (κ2) is 30.7. The highest BCUT2D eigenvalue weighted by Crippen LogP contribution is 2.61. The third kappa shape index (κ3) is 23.4. The molecule has 0 bridgehead atoms. The van der Waals surface area contributed by atoms with Crippen LogP contribution in [0.15, 0.2) is 97.7 Å². The van der Waals surface area contributed by atoms with Gasteiger partial charge in [0.05, 0.1) is 19.5 Å². The number of aliphatic hydroxyl groups is 2. The molecule has 0 spiro atoms. The Morgan fingerprint density at radius 1 is 0.859 bits per heavy atom. The van der Waals surface area contributed by atoms with Gasteiger partial charge in [-0.05, 0) is 44.6 Å². The maximum atomic E-state index is 12.7. The van der Waals surface area contributed by atoms with Crippen LogP contribution in [-0.2, 0) is 50.7 Å². The molecular formula is C43H64N7O17P3S. The molecule has 1 aliphatic heterocycles. The number of phosphoric acid groups is 3. The van der Waals surface area contributed by atoms with E-state index in [-0.39, 0.29) is 41.6 Å². The first kappa shape index (κ1) is 61.0. The lowest BCUT2D eigenvalue weighted by Gasteiger charge is -2.30. The molecule has 28 heteroatoms. The van der Waals surface area contributed by atoms with Crippen molar-refractivity contribution in [2.75, 3.05) is 37.8 Å². The number of aliphatic hydroxyl groups excluding tert-OH is 2. The number of rotatable bonds is 32. The van der Waals surface area contributed by atoms with Gasteiger partial charge in [-0.15, -0.1) is 0 Å². The minimum Gasteiger partial charge on any atom is -0.386 e. The molecule has 394 valence electrons. The maximum Gasteiger partial charge on any atom is 0.481 e. The second-order valence-corrected chi connectivity index (χ2v) is 21.3. The van der Waals surface area contributed by atoms with E-state index < -0.39 is 84.6 Å². The SMILES string of the molecule is CCC=CCC=CCC=CCC=CCC=CCC=CC=CC(=O)SCCNC(=O)CCNC(=O)[C@H](O)C(C)(C)COP(=O)(O)OP(=O)(O)OC[C@H]1O[C@@H](n2cnc3c(N)ncnc32)[C@H](O)[C@@H]1OP(=O)(O)O. The third-order valence-electron chi connectivity index (χ3n) is 9.66. The van der Waals surface area contributed by atoms with Crippen molar-refractivity contribution in [2.45, 2.75) is 96.4 Å². The molecule has 1 aliphatic rings. The molecule has 71 heavy (non-hydrogen) atoms. The van der Waals surface area contributed by atoms with E-state index in [9.17, 15) is 57.9 Å². The molecule has 0 radical (unpaired) electrons. The number of nitrogen functional groups attached to an aromatic ring is 1. The number of hydrogen-bond acceptors (Lipinski definition) is 18. The minimum absolute atomic E-state index is 0.0276. The van der Waals surface area contributed by atoms with Gasteiger partial charge in [-0.3, -0.25) is 32.5 Å². The summed E-state index contributed by atoms with van der Waals surface area (Å²) in [4.78, 5) is 88.3. The zero-order chi connectivity index (χ0) is 52.5. The van der Waals surface area contributed by atoms with Gasteiger partial charge in [-0.1, -0.05) is 112 Å². The highest BCUT2D eigenvalue weighted by Gasteiger charge is 2.50. The topological polar surface area (TPSA) is 364 Å². The highest BCUT2D eigenvalue weighted by atomic mass is 32.2. The lowest BCUT2D eigenvalue weighted by atomic mass is 9.87. The van der Waals surface area contributed by atoms with Crippen LogP contribution in [-0.4, -0.2) is 123 Å². The number of nitrogens with zero attached hydrogens (tertiary/aromatic N) is 4. The van der Waals surface area contributed by atoms with Crippen molar-refractivity contribution >= 4 is 69.1 Å². The fourth-order valence-electron chi connectivity index (χ4n) is 6.05. The average Bonchev–Trinajstić information content (AvgIpc) is 3.86. The molecule has 2 aromatic rings. The molecule has 1 saturated heterocycles. The van der Waals surface area contributed by atoms with Crippen molar-refractivity contribution in [1.29, 1.82) is 0 Å². The van der Waals surface area contributed by atoms with Crippen molar-refractivity contribution in [1.82, 2.24) is 30.2 Å². The van der Waals surface area contributed by atoms with E-state index in [1.54, 1.807) is 12.2 Å². The number of anilines is 1. The van der Waals surface area contributed by atoms with Crippen LogP contribution >= 0.6 is 35.2 Å². The number of aromatic nitrogens is 4. The number of phosphoric ester groups is 3. The summed E-state index contributed by atoms with van der Waals surface area (Å²) in [6.07, 6.45) is 26.5. The van der Waals surface area contributed by atoms with E-state index in [1.807, 2.05) is 12.2 Å². The molecule has 0 aliphatic carbocycles. The number of hydrogen-bond donors (Lipinski definition) is 9. The summed E-state index contributed by atoms with van der Waals surface area (Å²) in [5.41, 5.74) is 4.26. The fraction of sp³-hybridized carbons (Fsp3) is 0.488. The third-order valence-corrected chi connectivity index (χ3v) is 13.6. The van der Waals surface area contributed by atoms with Gasteiger partial charge in [0.15, 0.2) is 17.7 Å². The number of nitrogens with one attached hydrogen (secondary N) is 2. The van der Waals surface area contributed by atoms with E-state index in [1.165, 1.54) is 19.9 Å². The van der Waals surface area contributed by atoms with E-state index in [4.69, 9.17) is 19.5 Å². The Morgan fingerprint density at radius 2 is 1.45 bits per heavy atom. The summed E-state index contributed by atoms with van der Waals surface area (Å²) in [6, 6.07) is 0. The molecule has 3 heterocycles. The molecule has 7 atom stereocenters. The van der Waals surface area contributed by atoms with Crippen molar-refractivity contribution < 1.29 is 80.5 Å². The van der Waals surface area contributed by atoms with Crippen molar-refractivity contribution in [3.63, 3.8) is 0 Å². The Labute approximate surface area is 415 Å². The molecule has 2 amide bonds. The second-order valence-electron chi connectivity index (χ2n) is 16.0. The number of amides is 2. The number of ether oxygens (including phenoxy) is 1. The van der Waals surface area contributed by atoms with Crippen LogP contribution in [0, 0.1) is 5.41 Å². The van der Waals surface area contributed by atoms with Crippen molar-refractivity contribution in [3.8, 4) is 0 Å². The summed E-state index contributed by atoms with van der Waals surface area (Å²) in [5.74, 6) is -1.19. The van der Waals surface area contributed by atoms with Crippen molar-refractivity contribution in [2.24, 2.45) is 5.41 Å². The predicted octanol–water partition coefficient (Wildman–Crippen LogP) is 4.92. The fourth-order valence-corrected chi connectivity index (χ4v) is 9.46. The van der Waals surface area contributed by atoms with Gasteiger partial charge >= 0.3 is 23.5 Å². The first-order chi connectivity index (χ1) is 33.6. The highest BCUT2D eigenvalue weighted by molar-refractivity contribution is 8.14. The number of carbonyl (C=O) groups is 3. The van der Waals surface area contributed by atoms with Crippen LogP contribution < -0.4 is 16.4 Å². The number of allylic oxidation sites excluding steroid dienone is 13. The smallest absolute Gasteiger partial charge is 0.386 e. The van der Waals surface area contributed by atoms with Crippen LogP contribution in [0.2, 0.25) is 0 Å².